The summed E-state index contributed by atoms with van der Waals surface area (Å²) >= 11 is 6.11. The number of amides is 1. The normalized spacial score (nSPS) is 13.9. The molecule has 0 aromatic heterocycles. The van der Waals surface area contributed by atoms with Gasteiger partial charge in [0.2, 0.25) is 5.91 Å². The molecule has 0 saturated carbocycles. The van der Waals surface area contributed by atoms with Gasteiger partial charge in [0.05, 0.1) is 11.4 Å². The molecule has 0 aliphatic carbocycles. The van der Waals surface area contributed by atoms with Gasteiger partial charge in [0.15, 0.2) is 0 Å². The summed E-state index contributed by atoms with van der Waals surface area (Å²) in [7, 11) is 1.76. The van der Waals surface area contributed by atoms with Gasteiger partial charge in [-0.3, -0.25) is 9.79 Å². The Morgan fingerprint density at radius 3 is 2.57 bits per heavy atom. The van der Waals surface area contributed by atoms with Gasteiger partial charge in [-0.2, -0.15) is 0 Å². The number of halogens is 1. The minimum absolute atomic E-state index is 0. The van der Waals surface area contributed by atoms with E-state index in [1.807, 2.05) is 42.5 Å². The molecule has 1 aliphatic heterocycles. The predicted molar refractivity (Wildman–Crippen MR) is 89.0 cm³/mol. The second-order valence-electron chi connectivity index (χ2n) is 4.65. The molecule has 0 radical (unpaired) electrons. The van der Waals surface area contributed by atoms with E-state index in [1.54, 1.807) is 18.0 Å². The molecule has 0 bridgehead atoms. The van der Waals surface area contributed by atoms with E-state index in [0.29, 0.717) is 5.02 Å². The molecule has 0 fully saturated rings. The van der Waals surface area contributed by atoms with Crippen LogP contribution in [0, 0.1) is 0 Å². The van der Waals surface area contributed by atoms with Crippen LogP contribution in [0.3, 0.4) is 0 Å². The van der Waals surface area contributed by atoms with Gasteiger partial charge in [-0.15, -0.1) is 0 Å². The van der Waals surface area contributed by atoms with E-state index in [2.05, 4.69) is 4.99 Å². The molecule has 2 aromatic rings. The third-order valence-electron chi connectivity index (χ3n) is 3.37. The number of hydrogen-bond acceptors (Lipinski definition) is 2. The van der Waals surface area contributed by atoms with Gasteiger partial charge < -0.3 is 4.90 Å². The first-order chi connectivity index (χ1) is 9.66. The van der Waals surface area contributed by atoms with Crippen LogP contribution in [0.4, 0.5) is 5.69 Å². The Morgan fingerprint density at radius 1 is 1.14 bits per heavy atom. The molecule has 1 heterocycles. The number of rotatable bonds is 1. The Hall–Kier alpha value is -1.13. The summed E-state index contributed by atoms with van der Waals surface area (Å²) in [5.41, 5.74) is 3.51. The summed E-state index contributed by atoms with van der Waals surface area (Å²) in [6.45, 7) is 0.146. The zero-order chi connectivity index (χ0) is 14.1. The SMILES string of the molecule is CN1C(=O)CN=C(c2ccccc2)c2cc(Cl)ccc21.[NaH]. The molecule has 102 valence electrons. The average molecular weight is 309 g/mol. The van der Waals surface area contributed by atoms with Crippen LogP contribution in [-0.2, 0) is 4.79 Å². The van der Waals surface area contributed by atoms with Gasteiger partial charge in [0.25, 0.3) is 0 Å². The Bertz CT molecular complexity index is 701. The summed E-state index contributed by atoms with van der Waals surface area (Å²) in [5, 5.41) is 0.634. The third-order valence-corrected chi connectivity index (χ3v) is 3.60. The van der Waals surface area contributed by atoms with Crippen LogP contribution in [0.5, 0.6) is 0 Å². The van der Waals surface area contributed by atoms with Crippen molar-refractivity contribution in [2.75, 3.05) is 18.5 Å². The first kappa shape index (κ1) is 16.2. The van der Waals surface area contributed by atoms with Crippen molar-refractivity contribution in [1.82, 2.24) is 0 Å². The number of carbonyl (C=O) groups is 1. The van der Waals surface area contributed by atoms with Crippen LogP contribution in [0.1, 0.15) is 11.1 Å². The molecular formula is C16H14ClN2NaO. The van der Waals surface area contributed by atoms with Crippen molar-refractivity contribution in [2.24, 2.45) is 4.99 Å². The summed E-state index contributed by atoms with van der Waals surface area (Å²) in [4.78, 5) is 18.1. The molecule has 0 atom stereocenters. The van der Waals surface area contributed by atoms with Crippen molar-refractivity contribution in [2.45, 2.75) is 0 Å². The average Bonchev–Trinajstić information content (AvgIpc) is 2.58. The number of anilines is 1. The Labute approximate surface area is 150 Å². The van der Waals surface area contributed by atoms with Crippen molar-refractivity contribution >= 4 is 58.5 Å². The van der Waals surface area contributed by atoms with Crippen LogP contribution in [-0.4, -0.2) is 54.8 Å². The number of fused-ring (bicyclic) bond motifs is 1. The quantitative estimate of drug-likeness (QED) is 0.745. The van der Waals surface area contributed by atoms with Crippen molar-refractivity contribution in [3.05, 3.63) is 64.7 Å². The monoisotopic (exact) mass is 308 g/mol. The zero-order valence-corrected chi connectivity index (χ0v) is 11.8. The third kappa shape index (κ3) is 3.22. The standard InChI is InChI=1S/C16H13ClN2O.Na.H/c1-19-14-8-7-12(17)9-13(14)16(18-10-15(19)20)11-5-3-2-4-6-11;;/h2-9H,10H2,1H3;;. The number of hydrogen-bond donors (Lipinski definition) is 0. The topological polar surface area (TPSA) is 32.7 Å². The molecular weight excluding hydrogens is 295 g/mol. The molecule has 1 aliphatic rings. The molecule has 21 heavy (non-hydrogen) atoms. The van der Waals surface area contributed by atoms with Gasteiger partial charge >= 0.3 is 29.6 Å². The maximum atomic E-state index is 12.0. The second-order valence-corrected chi connectivity index (χ2v) is 5.08. The van der Waals surface area contributed by atoms with E-state index in [9.17, 15) is 4.79 Å². The first-order valence-corrected chi connectivity index (χ1v) is 6.71. The van der Waals surface area contributed by atoms with E-state index in [4.69, 9.17) is 11.6 Å². The van der Waals surface area contributed by atoms with Gasteiger partial charge in [0.1, 0.15) is 6.54 Å². The van der Waals surface area contributed by atoms with Crippen molar-refractivity contribution in [1.29, 1.82) is 0 Å². The molecule has 0 unspecified atom stereocenters. The number of benzodiazepines with no additional fused rings is 1. The number of benzene rings is 2. The number of carbonyl (C=O) groups excluding carboxylic acids is 1. The fraction of sp³-hybridized carbons (Fsp3) is 0.125. The van der Waals surface area contributed by atoms with Gasteiger partial charge in [0, 0.05) is 23.2 Å². The van der Waals surface area contributed by atoms with Crippen LogP contribution in [0.2, 0.25) is 5.02 Å². The molecule has 0 N–H and O–H groups in total. The summed E-state index contributed by atoms with van der Waals surface area (Å²) in [6.07, 6.45) is 0. The Kier molecular flexibility index (Phi) is 5.22. The van der Waals surface area contributed by atoms with Crippen LogP contribution in [0.25, 0.3) is 0 Å². The molecule has 5 heteroatoms. The molecule has 0 saturated heterocycles. The van der Waals surface area contributed by atoms with Gasteiger partial charge in [-0.05, 0) is 18.2 Å². The Morgan fingerprint density at radius 2 is 1.86 bits per heavy atom. The van der Waals surface area contributed by atoms with E-state index in [0.717, 1.165) is 22.5 Å². The fourth-order valence-electron chi connectivity index (χ4n) is 2.31. The summed E-state index contributed by atoms with van der Waals surface area (Å²) < 4.78 is 0. The van der Waals surface area contributed by atoms with Crippen molar-refractivity contribution in [3.8, 4) is 0 Å². The van der Waals surface area contributed by atoms with Gasteiger partial charge in [-0.25, -0.2) is 0 Å². The fourth-order valence-corrected chi connectivity index (χ4v) is 2.48. The number of likely N-dealkylation sites (N-methyl/N-ethyl adjacent to an activating group) is 1. The Balaban J connectivity index is 0.00000161. The number of aliphatic imine (C=N–C) groups is 1. The second kappa shape index (κ2) is 6.75. The van der Waals surface area contributed by atoms with Crippen LogP contribution in [0.15, 0.2) is 53.5 Å². The molecule has 3 rings (SSSR count). The van der Waals surface area contributed by atoms with E-state index < -0.39 is 0 Å². The van der Waals surface area contributed by atoms with E-state index in [-0.39, 0.29) is 42.0 Å². The van der Waals surface area contributed by atoms with Crippen LogP contribution < -0.4 is 4.90 Å². The maximum absolute atomic E-state index is 12.0. The number of nitrogens with zero attached hydrogens (tertiary/aromatic N) is 2. The van der Waals surface area contributed by atoms with Crippen LogP contribution >= 0.6 is 11.6 Å². The molecule has 1 amide bonds. The minimum atomic E-state index is -0.0282. The van der Waals surface area contributed by atoms with E-state index in [1.165, 1.54) is 0 Å². The molecule has 0 spiro atoms. The van der Waals surface area contributed by atoms with E-state index >= 15 is 0 Å². The van der Waals surface area contributed by atoms with Crippen molar-refractivity contribution < 1.29 is 4.79 Å². The van der Waals surface area contributed by atoms with Crippen molar-refractivity contribution in [3.63, 3.8) is 0 Å². The van der Waals surface area contributed by atoms with Gasteiger partial charge in [-0.1, -0.05) is 41.9 Å². The first-order valence-electron chi connectivity index (χ1n) is 6.33. The molecule has 3 nitrogen and oxygen atoms in total. The zero-order valence-electron chi connectivity index (χ0n) is 11.0. The predicted octanol–water partition coefficient (Wildman–Crippen LogP) is 2.51. The summed E-state index contributed by atoms with van der Waals surface area (Å²) in [5.74, 6) is -0.0282. The summed E-state index contributed by atoms with van der Waals surface area (Å²) in [6, 6.07) is 15.3. The molecule has 2 aromatic carbocycles.